The molecule has 3 aromatic carbocycles. The van der Waals surface area contributed by atoms with Crippen molar-refractivity contribution >= 4 is 23.2 Å². The van der Waals surface area contributed by atoms with Gasteiger partial charge in [-0.05, 0) is 30.3 Å². The van der Waals surface area contributed by atoms with Gasteiger partial charge in [-0.1, -0.05) is 41.9 Å². The Kier molecular flexibility index (Phi) is 5.91. The van der Waals surface area contributed by atoms with E-state index in [9.17, 15) is 9.18 Å². The van der Waals surface area contributed by atoms with Gasteiger partial charge < -0.3 is 9.47 Å². The van der Waals surface area contributed by atoms with Crippen molar-refractivity contribution < 1.29 is 18.7 Å². The third-order valence-corrected chi connectivity index (χ3v) is 5.50. The highest BCUT2D eigenvalue weighted by atomic mass is 35.5. The number of hydrogen-bond acceptors (Lipinski definition) is 4. The molecule has 1 amide bonds. The van der Waals surface area contributed by atoms with Crippen LogP contribution in [0.15, 0.2) is 71.8 Å². The second kappa shape index (κ2) is 8.78. The van der Waals surface area contributed by atoms with Crippen molar-refractivity contribution in [2.24, 2.45) is 5.10 Å². The average Bonchev–Trinajstić information content (AvgIpc) is 3.24. The van der Waals surface area contributed by atoms with Crippen LogP contribution in [-0.4, -0.2) is 30.8 Å². The lowest BCUT2D eigenvalue weighted by Crippen LogP contribution is -2.27. The molecule has 158 valence electrons. The fourth-order valence-corrected chi connectivity index (χ4v) is 3.81. The molecule has 1 atom stereocenters. The molecule has 7 heteroatoms. The molecule has 3 aromatic rings. The number of halogens is 2. The van der Waals surface area contributed by atoms with Gasteiger partial charge in [0, 0.05) is 23.6 Å². The number of hydrazone groups is 1. The maximum atomic E-state index is 14.7. The highest BCUT2D eigenvalue weighted by Crippen LogP contribution is 2.37. The fourth-order valence-electron chi connectivity index (χ4n) is 3.59. The summed E-state index contributed by atoms with van der Waals surface area (Å²) in [4.78, 5) is 13.3. The topological polar surface area (TPSA) is 51.1 Å². The number of benzene rings is 3. The first-order valence-electron chi connectivity index (χ1n) is 9.65. The number of rotatable bonds is 5. The Morgan fingerprint density at radius 2 is 1.68 bits per heavy atom. The minimum Gasteiger partial charge on any atom is -0.497 e. The van der Waals surface area contributed by atoms with Crippen LogP contribution in [0.3, 0.4) is 0 Å². The summed E-state index contributed by atoms with van der Waals surface area (Å²) in [6.45, 7) is 0. The minimum absolute atomic E-state index is 0.304. The maximum absolute atomic E-state index is 14.7. The highest BCUT2D eigenvalue weighted by Gasteiger charge is 2.36. The number of carbonyl (C=O) groups excluding carboxylic acids is 1. The molecule has 0 fully saturated rings. The molecule has 5 nitrogen and oxygen atoms in total. The van der Waals surface area contributed by atoms with Gasteiger partial charge in [0.1, 0.15) is 17.3 Å². The number of hydrogen-bond donors (Lipinski definition) is 0. The predicted molar refractivity (Wildman–Crippen MR) is 117 cm³/mol. The van der Waals surface area contributed by atoms with Crippen LogP contribution < -0.4 is 9.47 Å². The summed E-state index contributed by atoms with van der Waals surface area (Å²) in [6.07, 6.45) is 0.327. The summed E-state index contributed by atoms with van der Waals surface area (Å²) >= 11 is 6.25. The number of nitrogens with zero attached hydrogens (tertiary/aromatic N) is 2. The first kappa shape index (κ1) is 20.9. The number of carbonyl (C=O) groups is 1. The second-order valence-electron chi connectivity index (χ2n) is 7.02. The number of methoxy groups -OCH3 is 2. The first-order valence-corrected chi connectivity index (χ1v) is 10.0. The summed E-state index contributed by atoms with van der Waals surface area (Å²) in [5.74, 6) is 0.388. The molecule has 31 heavy (non-hydrogen) atoms. The third-order valence-electron chi connectivity index (χ3n) is 5.17. The van der Waals surface area contributed by atoms with E-state index in [0.717, 1.165) is 5.56 Å². The van der Waals surface area contributed by atoms with Crippen molar-refractivity contribution in [1.82, 2.24) is 5.01 Å². The van der Waals surface area contributed by atoms with Crippen molar-refractivity contribution in [3.63, 3.8) is 0 Å². The number of amides is 1. The Morgan fingerprint density at radius 1 is 1.03 bits per heavy atom. The zero-order chi connectivity index (χ0) is 22.0. The van der Waals surface area contributed by atoms with E-state index in [0.29, 0.717) is 39.8 Å². The predicted octanol–water partition coefficient (Wildman–Crippen LogP) is 5.49. The molecule has 0 N–H and O–H groups in total. The molecule has 0 saturated carbocycles. The molecular formula is C24H20ClFN2O3. The molecule has 1 aliphatic rings. The van der Waals surface area contributed by atoms with Gasteiger partial charge in [-0.2, -0.15) is 5.10 Å². The summed E-state index contributed by atoms with van der Waals surface area (Å²) in [7, 11) is 3.12. The maximum Gasteiger partial charge on any atom is 0.276 e. The van der Waals surface area contributed by atoms with Gasteiger partial charge in [-0.25, -0.2) is 9.40 Å². The molecule has 1 heterocycles. The van der Waals surface area contributed by atoms with Gasteiger partial charge in [0.05, 0.1) is 36.6 Å². The Bertz CT molecular complexity index is 1140. The van der Waals surface area contributed by atoms with E-state index in [2.05, 4.69) is 5.10 Å². The van der Waals surface area contributed by atoms with Crippen LogP contribution in [-0.2, 0) is 0 Å². The quantitative estimate of drug-likeness (QED) is 0.529. The Labute approximate surface area is 184 Å². The lowest BCUT2D eigenvalue weighted by Gasteiger charge is -2.22. The van der Waals surface area contributed by atoms with E-state index >= 15 is 0 Å². The van der Waals surface area contributed by atoms with Crippen molar-refractivity contribution in [3.05, 3.63) is 94.3 Å². The van der Waals surface area contributed by atoms with E-state index in [-0.39, 0.29) is 0 Å². The molecule has 1 unspecified atom stereocenters. The summed E-state index contributed by atoms with van der Waals surface area (Å²) < 4.78 is 25.4. The normalized spacial score (nSPS) is 15.5. The van der Waals surface area contributed by atoms with Crippen molar-refractivity contribution in [1.29, 1.82) is 0 Å². The van der Waals surface area contributed by atoms with Crippen molar-refractivity contribution in [3.8, 4) is 11.5 Å². The van der Waals surface area contributed by atoms with Crippen LogP contribution in [0.1, 0.15) is 33.9 Å². The van der Waals surface area contributed by atoms with Gasteiger partial charge in [0.2, 0.25) is 0 Å². The highest BCUT2D eigenvalue weighted by molar-refractivity contribution is 6.33. The van der Waals surface area contributed by atoms with Crippen LogP contribution in [0.25, 0.3) is 0 Å². The Hall–Kier alpha value is -3.38. The molecule has 0 aromatic heterocycles. The molecule has 0 saturated heterocycles. The molecule has 0 radical (unpaired) electrons. The Morgan fingerprint density at radius 3 is 2.32 bits per heavy atom. The van der Waals surface area contributed by atoms with Gasteiger partial charge in [-0.15, -0.1) is 0 Å². The van der Waals surface area contributed by atoms with E-state index in [4.69, 9.17) is 21.1 Å². The van der Waals surface area contributed by atoms with Crippen molar-refractivity contribution in [2.75, 3.05) is 14.2 Å². The lowest BCUT2D eigenvalue weighted by molar-refractivity contribution is 0.0709. The molecule has 0 bridgehead atoms. The lowest BCUT2D eigenvalue weighted by atomic mass is 9.97. The third kappa shape index (κ3) is 4.11. The fraction of sp³-hybridized carbons (Fsp3) is 0.167. The van der Waals surface area contributed by atoms with Crippen LogP contribution in [0.2, 0.25) is 5.02 Å². The van der Waals surface area contributed by atoms with Crippen LogP contribution in [0, 0.1) is 5.82 Å². The van der Waals surface area contributed by atoms with Crippen molar-refractivity contribution in [2.45, 2.75) is 12.5 Å². The first-order chi connectivity index (χ1) is 15.0. The van der Waals surface area contributed by atoms with Crippen LogP contribution in [0.4, 0.5) is 4.39 Å². The van der Waals surface area contributed by atoms with Crippen LogP contribution >= 0.6 is 11.6 Å². The summed E-state index contributed by atoms with van der Waals surface area (Å²) in [6, 6.07) is 17.9. The monoisotopic (exact) mass is 438 g/mol. The van der Waals surface area contributed by atoms with Gasteiger partial charge in [0.15, 0.2) is 0 Å². The van der Waals surface area contributed by atoms with Crippen LogP contribution in [0.5, 0.6) is 11.5 Å². The molecule has 0 aliphatic carbocycles. The smallest absolute Gasteiger partial charge is 0.276 e. The van der Waals surface area contributed by atoms with E-state index < -0.39 is 17.8 Å². The number of ether oxygens (including phenoxy) is 2. The minimum atomic E-state index is -0.614. The van der Waals surface area contributed by atoms with Gasteiger partial charge >= 0.3 is 0 Å². The van der Waals surface area contributed by atoms with Gasteiger partial charge in [0.25, 0.3) is 5.91 Å². The zero-order valence-electron chi connectivity index (χ0n) is 17.0. The largest absolute Gasteiger partial charge is 0.497 e. The second-order valence-corrected chi connectivity index (χ2v) is 7.43. The zero-order valence-corrected chi connectivity index (χ0v) is 17.8. The van der Waals surface area contributed by atoms with E-state index in [1.165, 1.54) is 11.1 Å². The molecular weight excluding hydrogens is 419 g/mol. The van der Waals surface area contributed by atoms with E-state index in [1.807, 2.05) is 12.1 Å². The Balaban J connectivity index is 1.80. The summed E-state index contributed by atoms with van der Waals surface area (Å²) in [5.41, 5.74) is 2.04. The standard InChI is InChI=1S/C24H20ClFN2O3/c1-30-16-11-15(12-17(13-16)31-2)22-14-23(19-8-4-6-10-21(19)26)28(27-22)24(29)18-7-3-5-9-20(18)25/h3-13,23H,14H2,1-2H3. The SMILES string of the molecule is COc1cc(OC)cc(C2=NN(C(=O)c3ccccc3Cl)C(c3ccccc3F)C2)c1. The average molecular weight is 439 g/mol. The molecule has 0 spiro atoms. The van der Waals surface area contributed by atoms with Gasteiger partial charge in [-0.3, -0.25) is 4.79 Å². The summed E-state index contributed by atoms with van der Waals surface area (Å²) in [5, 5.41) is 6.21. The molecule has 1 aliphatic heterocycles. The van der Waals surface area contributed by atoms with E-state index in [1.54, 1.807) is 62.8 Å². The molecule has 4 rings (SSSR count).